The van der Waals surface area contributed by atoms with Gasteiger partial charge >= 0.3 is 0 Å². The predicted molar refractivity (Wildman–Crippen MR) is 70.1 cm³/mol. The van der Waals surface area contributed by atoms with Crippen molar-refractivity contribution in [2.24, 2.45) is 5.41 Å². The predicted octanol–water partition coefficient (Wildman–Crippen LogP) is 3.91. The second-order valence-corrected chi connectivity index (χ2v) is 5.80. The first kappa shape index (κ1) is 14.6. The first-order valence-electron chi connectivity index (χ1n) is 5.70. The molecule has 0 bridgehead atoms. The zero-order chi connectivity index (χ0) is 13.1. The molecule has 0 amide bonds. The van der Waals surface area contributed by atoms with E-state index in [-0.39, 0.29) is 11.0 Å². The first-order valence-corrected chi connectivity index (χ1v) is 6.50. The molecule has 1 rings (SSSR count). The van der Waals surface area contributed by atoms with Gasteiger partial charge in [0, 0.05) is 12.1 Å². The molecule has 0 aliphatic carbocycles. The summed E-state index contributed by atoms with van der Waals surface area (Å²) in [5.41, 5.74) is -0.0272. The van der Waals surface area contributed by atoms with Crippen LogP contribution in [0.4, 0.5) is 8.78 Å². The van der Waals surface area contributed by atoms with E-state index in [2.05, 4.69) is 21.2 Å². The smallest absolute Gasteiger partial charge is 0.143 e. The van der Waals surface area contributed by atoms with Gasteiger partial charge < -0.3 is 5.32 Å². The number of nitrogens with one attached hydrogen (secondary N) is 1. The van der Waals surface area contributed by atoms with Gasteiger partial charge in [-0.1, -0.05) is 20.8 Å². The van der Waals surface area contributed by atoms with E-state index in [1.165, 1.54) is 12.1 Å². The van der Waals surface area contributed by atoms with Gasteiger partial charge in [0.2, 0.25) is 0 Å². The maximum absolute atomic E-state index is 13.8. The molecule has 17 heavy (non-hydrogen) atoms. The fourth-order valence-electron chi connectivity index (χ4n) is 1.74. The van der Waals surface area contributed by atoms with Crippen LogP contribution < -0.4 is 5.32 Å². The lowest BCUT2D eigenvalue weighted by Gasteiger charge is -2.25. The zero-order valence-electron chi connectivity index (χ0n) is 10.4. The molecular weight excluding hydrogens is 288 g/mol. The summed E-state index contributed by atoms with van der Waals surface area (Å²) in [5, 5.41) is 3.21. The summed E-state index contributed by atoms with van der Waals surface area (Å²) in [6.45, 7) is 7.59. The molecule has 96 valence electrons. The monoisotopic (exact) mass is 305 g/mol. The van der Waals surface area contributed by atoms with Gasteiger partial charge in [-0.3, -0.25) is 0 Å². The Bertz CT molecular complexity index is 391. The third kappa shape index (κ3) is 4.03. The van der Waals surface area contributed by atoms with E-state index in [4.69, 9.17) is 0 Å². The quantitative estimate of drug-likeness (QED) is 0.813. The maximum Gasteiger partial charge on any atom is 0.143 e. The molecule has 0 radical (unpaired) electrons. The Balaban J connectivity index is 2.91. The van der Waals surface area contributed by atoms with Crippen LogP contribution in [-0.2, 0) is 6.42 Å². The van der Waals surface area contributed by atoms with Crippen LogP contribution in [0, 0.1) is 17.0 Å². The highest BCUT2D eigenvalue weighted by Crippen LogP contribution is 2.28. The van der Waals surface area contributed by atoms with Crippen molar-refractivity contribution >= 4 is 15.9 Å². The number of hydrogen-bond donors (Lipinski definition) is 1. The highest BCUT2D eigenvalue weighted by atomic mass is 79.9. The van der Waals surface area contributed by atoms with Crippen molar-refractivity contribution < 1.29 is 8.78 Å². The molecule has 0 atom stereocenters. The highest BCUT2D eigenvalue weighted by Gasteiger charge is 2.23. The van der Waals surface area contributed by atoms with Crippen LogP contribution in [0.2, 0.25) is 0 Å². The van der Waals surface area contributed by atoms with Gasteiger partial charge in [0.15, 0.2) is 0 Å². The molecule has 0 aliphatic heterocycles. The average Bonchev–Trinajstić information content (AvgIpc) is 2.27. The van der Waals surface area contributed by atoms with Crippen molar-refractivity contribution in [1.29, 1.82) is 0 Å². The van der Waals surface area contributed by atoms with Gasteiger partial charge in [-0.2, -0.15) is 0 Å². The Morgan fingerprint density at radius 2 is 1.94 bits per heavy atom. The molecule has 0 aromatic heterocycles. The first-order chi connectivity index (χ1) is 7.87. The number of hydrogen-bond acceptors (Lipinski definition) is 1. The number of rotatable bonds is 5. The van der Waals surface area contributed by atoms with Crippen LogP contribution in [0.3, 0.4) is 0 Å². The van der Waals surface area contributed by atoms with Crippen molar-refractivity contribution in [2.75, 3.05) is 13.1 Å². The topological polar surface area (TPSA) is 12.0 Å². The molecule has 1 aromatic carbocycles. The summed E-state index contributed by atoms with van der Waals surface area (Å²) < 4.78 is 27.7. The van der Waals surface area contributed by atoms with Gasteiger partial charge in [-0.15, -0.1) is 0 Å². The van der Waals surface area contributed by atoms with Crippen molar-refractivity contribution in [2.45, 2.75) is 27.2 Å². The Labute approximate surface area is 110 Å². The lowest BCUT2D eigenvalue weighted by Crippen LogP contribution is -2.31. The number of halogens is 3. The molecule has 1 nitrogen and oxygen atoms in total. The van der Waals surface area contributed by atoms with E-state index in [0.717, 1.165) is 13.1 Å². The Kier molecular flexibility index (Phi) is 5.07. The average molecular weight is 306 g/mol. The minimum atomic E-state index is -0.491. The molecule has 0 aliphatic rings. The van der Waals surface area contributed by atoms with Gasteiger partial charge in [0.1, 0.15) is 11.6 Å². The molecule has 0 fully saturated rings. The summed E-state index contributed by atoms with van der Waals surface area (Å²) in [6.07, 6.45) is 0.372. The third-order valence-electron chi connectivity index (χ3n) is 2.65. The largest absolute Gasteiger partial charge is 0.316 e. The van der Waals surface area contributed by atoms with E-state index < -0.39 is 11.6 Å². The molecule has 0 saturated heterocycles. The van der Waals surface area contributed by atoms with Gasteiger partial charge in [0.05, 0.1) is 4.47 Å². The van der Waals surface area contributed by atoms with Crippen LogP contribution in [0.5, 0.6) is 0 Å². The summed E-state index contributed by atoms with van der Waals surface area (Å²) in [4.78, 5) is 0. The van der Waals surface area contributed by atoms with E-state index in [9.17, 15) is 8.78 Å². The highest BCUT2D eigenvalue weighted by molar-refractivity contribution is 9.10. The van der Waals surface area contributed by atoms with Crippen molar-refractivity contribution in [1.82, 2.24) is 5.32 Å². The molecule has 0 unspecified atom stereocenters. The molecule has 0 heterocycles. The van der Waals surface area contributed by atoms with Crippen LogP contribution in [-0.4, -0.2) is 13.1 Å². The fourth-order valence-corrected chi connectivity index (χ4v) is 2.11. The summed E-state index contributed by atoms with van der Waals surface area (Å²) in [6, 6.07) is 2.69. The van der Waals surface area contributed by atoms with Crippen LogP contribution in [0.25, 0.3) is 0 Å². The number of benzene rings is 1. The fraction of sp³-hybridized carbons (Fsp3) is 0.538. The van der Waals surface area contributed by atoms with Crippen molar-refractivity contribution in [3.8, 4) is 0 Å². The van der Waals surface area contributed by atoms with Gasteiger partial charge in [-0.05, 0) is 46.4 Å². The van der Waals surface area contributed by atoms with Gasteiger partial charge in [-0.25, -0.2) is 8.78 Å². The van der Waals surface area contributed by atoms with Crippen LogP contribution in [0.1, 0.15) is 26.3 Å². The molecular formula is C13H18BrF2N. The molecule has 0 saturated carbocycles. The third-order valence-corrected chi connectivity index (χ3v) is 3.26. The summed E-state index contributed by atoms with van der Waals surface area (Å²) in [5.74, 6) is -0.968. The van der Waals surface area contributed by atoms with Crippen LogP contribution in [0.15, 0.2) is 16.6 Å². The second kappa shape index (κ2) is 5.91. The van der Waals surface area contributed by atoms with Gasteiger partial charge in [0.25, 0.3) is 0 Å². The van der Waals surface area contributed by atoms with E-state index in [1.54, 1.807) is 0 Å². The Morgan fingerprint density at radius 3 is 2.53 bits per heavy atom. The lowest BCUT2D eigenvalue weighted by atomic mass is 9.85. The van der Waals surface area contributed by atoms with Crippen molar-refractivity contribution in [3.63, 3.8) is 0 Å². The SMILES string of the molecule is CCNCC(C)(C)Cc1c(F)ccc(Br)c1F. The molecule has 4 heteroatoms. The normalized spacial score (nSPS) is 11.9. The lowest BCUT2D eigenvalue weighted by molar-refractivity contribution is 0.331. The minimum absolute atomic E-state index is 0.155. The summed E-state index contributed by atoms with van der Waals surface area (Å²) >= 11 is 3.08. The Hall–Kier alpha value is -0.480. The van der Waals surface area contributed by atoms with Crippen molar-refractivity contribution in [3.05, 3.63) is 33.8 Å². The standard InChI is InChI=1S/C13H18BrF2N/c1-4-17-8-13(2,3)7-9-11(15)6-5-10(14)12(9)16/h5-6,17H,4,7-8H2,1-3H3. The van der Waals surface area contributed by atoms with E-state index >= 15 is 0 Å². The molecule has 1 aromatic rings. The zero-order valence-corrected chi connectivity index (χ0v) is 12.0. The molecule has 1 N–H and O–H groups in total. The maximum atomic E-state index is 13.8. The van der Waals surface area contributed by atoms with E-state index in [0.29, 0.717) is 10.9 Å². The van der Waals surface area contributed by atoms with Crippen LogP contribution >= 0.6 is 15.9 Å². The Morgan fingerprint density at radius 1 is 1.29 bits per heavy atom. The second-order valence-electron chi connectivity index (χ2n) is 4.94. The van der Waals surface area contributed by atoms with E-state index in [1.807, 2.05) is 20.8 Å². The minimum Gasteiger partial charge on any atom is -0.316 e. The summed E-state index contributed by atoms with van der Waals surface area (Å²) in [7, 11) is 0. The molecule has 0 spiro atoms.